The zero-order valence-corrected chi connectivity index (χ0v) is 10.3. The first-order valence-electron chi connectivity index (χ1n) is 4.64. The molecule has 16 heavy (non-hydrogen) atoms. The van der Waals surface area contributed by atoms with E-state index in [0.717, 1.165) is 5.56 Å². The molecule has 2 nitrogen and oxygen atoms in total. The van der Waals surface area contributed by atoms with E-state index in [1.807, 2.05) is 0 Å². The lowest BCUT2D eigenvalue weighted by Crippen LogP contribution is -2.04. The molecule has 0 bridgehead atoms. The molecule has 0 heterocycles. The van der Waals surface area contributed by atoms with Gasteiger partial charge in [0.2, 0.25) is 0 Å². The summed E-state index contributed by atoms with van der Waals surface area (Å²) in [5.41, 5.74) is 1.48. The second-order valence-corrected chi connectivity index (χ2v) is 3.94. The van der Waals surface area contributed by atoms with Gasteiger partial charge in [0.05, 0.1) is 0 Å². The third-order valence-corrected chi connectivity index (χ3v) is 2.51. The van der Waals surface area contributed by atoms with Crippen molar-refractivity contribution in [3.63, 3.8) is 0 Å². The maximum atomic E-state index is 12.0. The Bertz CT molecular complexity index is 380. The molecule has 0 spiro atoms. The van der Waals surface area contributed by atoms with E-state index in [0.29, 0.717) is 10.9 Å². The van der Waals surface area contributed by atoms with E-state index < -0.39 is 6.61 Å². The van der Waals surface area contributed by atoms with Crippen molar-refractivity contribution in [3.05, 3.63) is 29.3 Å². The Morgan fingerprint density at radius 3 is 2.50 bits per heavy atom. The van der Waals surface area contributed by atoms with Gasteiger partial charge in [-0.05, 0) is 30.2 Å². The number of carbonyl (C=O) groups is 1. The number of rotatable bonds is 5. The molecule has 1 rings (SSSR count). The van der Waals surface area contributed by atoms with Crippen molar-refractivity contribution in [1.29, 1.82) is 0 Å². The molecule has 5 heteroatoms. The second-order valence-electron chi connectivity index (χ2n) is 3.38. The van der Waals surface area contributed by atoms with Crippen LogP contribution in [0.25, 0.3) is 0 Å². The van der Waals surface area contributed by atoms with Crippen molar-refractivity contribution in [2.75, 3.05) is 0 Å². The minimum Gasteiger partial charge on any atom is -0.435 e. The van der Waals surface area contributed by atoms with E-state index >= 15 is 0 Å². The highest BCUT2D eigenvalue weighted by Gasteiger charge is 2.08. The Balaban J connectivity index is 2.95. The fourth-order valence-corrected chi connectivity index (χ4v) is 1.69. The SMILES string of the molecule is CC(=O)Cc1cc(CBr)cc(OC(F)F)c1. The number of alkyl halides is 3. The first-order chi connectivity index (χ1) is 7.51. The van der Waals surface area contributed by atoms with E-state index in [2.05, 4.69) is 20.7 Å². The molecular weight excluding hydrogens is 282 g/mol. The zero-order valence-electron chi connectivity index (χ0n) is 8.67. The first-order valence-corrected chi connectivity index (χ1v) is 5.76. The minimum absolute atomic E-state index is 0.0188. The molecule has 0 saturated carbocycles. The molecule has 88 valence electrons. The van der Waals surface area contributed by atoms with E-state index in [1.165, 1.54) is 19.1 Å². The molecule has 0 amide bonds. The zero-order chi connectivity index (χ0) is 12.1. The molecule has 0 fully saturated rings. The summed E-state index contributed by atoms with van der Waals surface area (Å²) in [6.07, 6.45) is 0.223. The summed E-state index contributed by atoms with van der Waals surface area (Å²) in [6, 6.07) is 4.76. The van der Waals surface area contributed by atoms with E-state index in [1.54, 1.807) is 6.07 Å². The molecule has 0 atom stereocenters. The number of hydrogen-bond donors (Lipinski definition) is 0. The van der Waals surface area contributed by atoms with Crippen LogP contribution in [0.4, 0.5) is 8.78 Å². The van der Waals surface area contributed by atoms with Gasteiger partial charge in [-0.15, -0.1) is 0 Å². The fraction of sp³-hybridized carbons (Fsp3) is 0.364. The molecule has 0 aromatic heterocycles. The Morgan fingerprint density at radius 1 is 1.38 bits per heavy atom. The lowest BCUT2D eigenvalue weighted by atomic mass is 10.1. The smallest absolute Gasteiger partial charge is 0.387 e. The highest BCUT2D eigenvalue weighted by atomic mass is 79.9. The van der Waals surface area contributed by atoms with E-state index in [-0.39, 0.29) is 18.0 Å². The third kappa shape index (κ3) is 4.26. The summed E-state index contributed by atoms with van der Waals surface area (Å²) in [6.45, 7) is -1.40. The molecule has 0 aliphatic rings. The summed E-state index contributed by atoms with van der Waals surface area (Å²) >= 11 is 3.23. The number of ether oxygens (including phenoxy) is 1. The third-order valence-electron chi connectivity index (χ3n) is 1.86. The van der Waals surface area contributed by atoms with Crippen molar-refractivity contribution in [3.8, 4) is 5.75 Å². The van der Waals surface area contributed by atoms with Gasteiger partial charge >= 0.3 is 6.61 Å². The van der Waals surface area contributed by atoms with Crippen LogP contribution in [-0.2, 0) is 16.5 Å². The van der Waals surface area contributed by atoms with Gasteiger partial charge in [0.1, 0.15) is 11.5 Å². The maximum Gasteiger partial charge on any atom is 0.387 e. The van der Waals surface area contributed by atoms with Gasteiger partial charge in [0.15, 0.2) is 0 Å². The largest absolute Gasteiger partial charge is 0.435 e. The summed E-state index contributed by atoms with van der Waals surface area (Å²) in [7, 11) is 0. The average molecular weight is 293 g/mol. The molecule has 1 aromatic carbocycles. The van der Waals surface area contributed by atoms with Crippen LogP contribution in [-0.4, -0.2) is 12.4 Å². The van der Waals surface area contributed by atoms with Gasteiger partial charge in [-0.25, -0.2) is 0 Å². The molecule has 0 saturated heterocycles. The van der Waals surface area contributed by atoms with Crippen molar-refractivity contribution < 1.29 is 18.3 Å². The molecular formula is C11H11BrF2O2. The van der Waals surface area contributed by atoms with Gasteiger partial charge in [-0.2, -0.15) is 8.78 Å². The predicted molar refractivity (Wildman–Crippen MR) is 60.1 cm³/mol. The Morgan fingerprint density at radius 2 is 2.00 bits per heavy atom. The maximum absolute atomic E-state index is 12.0. The predicted octanol–water partition coefficient (Wildman–Crippen LogP) is 3.31. The number of ketones is 1. The Kier molecular flexibility index (Phi) is 4.86. The van der Waals surface area contributed by atoms with Crippen LogP contribution in [0, 0.1) is 0 Å². The van der Waals surface area contributed by atoms with Crippen molar-refractivity contribution in [1.82, 2.24) is 0 Å². The van der Waals surface area contributed by atoms with E-state index in [9.17, 15) is 13.6 Å². The minimum atomic E-state index is -2.85. The standard InChI is InChI=1S/C11H11BrF2O2/c1-7(15)2-8-3-9(6-12)5-10(4-8)16-11(13)14/h3-5,11H,2,6H2,1H3. The van der Waals surface area contributed by atoms with Crippen LogP contribution in [0.5, 0.6) is 5.75 Å². The molecule has 0 aliphatic carbocycles. The van der Waals surface area contributed by atoms with Crippen molar-refractivity contribution in [2.45, 2.75) is 25.3 Å². The monoisotopic (exact) mass is 292 g/mol. The topological polar surface area (TPSA) is 26.3 Å². The van der Waals surface area contributed by atoms with Gasteiger partial charge in [-0.1, -0.05) is 22.0 Å². The summed E-state index contributed by atoms with van der Waals surface area (Å²) in [5, 5.41) is 0.526. The number of benzene rings is 1. The normalized spacial score (nSPS) is 10.6. The highest BCUT2D eigenvalue weighted by Crippen LogP contribution is 2.21. The lowest BCUT2D eigenvalue weighted by Gasteiger charge is -2.08. The van der Waals surface area contributed by atoms with Crippen molar-refractivity contribution in [2.24, 2.45) is 0 Å². The Hall–Kier alpha value is -0.970. The number of Topliss-reactive ketones (excluding diaryl/α,β-unsaturated/α-hetero) is 1. The lowest BCUT2D eigenvalue weighted by molar-refractivity contribution is -0.116. The first kappa shape index (κ1) is 13.1. The Labute approximate surface area is 101 Å². The number of halogens is 3. The van der Waals surface area contributed by atoms with Crippen molar-refractivity contribution >= 4 is 21.7 Å². The molecule has 0 N–H and O–H groups in total. The molecule has 1 aromatic rings. The summed E-state index contributed by atoms with van der Waals surface area (Å²) in [5.74, 6) is 0.0675. The second kappa shape index (κ2) is 5.94. The van der Waals surface area contributed by atoms with Crippen LogP contribution in [0.2, 0.25) is 0 Å². The van der Waals surface area contributed by atoms with Gasteiger partial charge < -0.3 is 4.74 Å². The summed E-state index contributed by atoms with van der Waals surface area (Å²) < 4.78 is 28.4. The van der Waals surface area contributed by atoms with Crippen LogP contribution in [0.1, 0.15) is 18.1 Å². The number of hydrogen-bond acceptors (Lipinski definition) is 2. The fourth-order valence-electron chi connectivity index (χ4n) is 1.37. The van der Waals surface area contributed by atoms with Crippen LogP contribution >= 0.6 is 15.9 Å². The average Bonchev–Trinajstić information content (AvgIpc) is 2.14. The molecule has 0 unspecified atom stereocenters. The van der Waals surface area contributed by atoms with Crippen LogP contribution in [0.15, 0.2) is 18.2 Å². The van der Waals surface area contributed by atoms with Gasteiger partial charge in [0.25, 0.3) is 0 Å². The molecule has 0 aliphatic heterocycles. The van der Waals surface area contributed by atoms with Crippen LogP contribution in [0.3, 0.4) is 0 Å². The van der Waals surface area contributed by atoms with Gasteiger partial charge in [-0.3, -0.25) is 4.79 Å². The number of carbonyl (C=O) groups excluding carboxylic acids is 1. The van der Waals surface area contributed by atoms with Gasteiger partial charge in [0, 0.05) is 11.8 Å². The van der Waals surface area contributed by atoms with E-state index in [4.69, 9.17) is 0 Å². The quantitative estimate of drug-likeness (QED) is 0.778. The summed E-state index contributed by atoms with van der Waals surface area (Å²) in [4.78, 5) is 10.9. The highest BCUT2D eigenvalue weighted by molar-refractivity contribution is 9.08. The molecule has 0 radical (unpaired) electrons. The van der Waals surface area contributed by atoms with Crippen LogP contribution < -0.4 is 4.74 Å².